The number of piperazine rings is 1. The molecule has 4 aromatic heterocycles. The monoisotopic (exact) mass is 467 g/mol. The zero-order valence-electron chi connectivity index (χ0n) is 16.8. The molecule has 2 atom stereocenters. The number of aromatic amines is 1. The van der Waals surface area contributed by atoms with E-state index in [4.69, 9.17) is 4.98 Å². The molecule has 1 aliphatic heterocycles. The van der Waals surface area contributed by atoms with Gasteiger partial charge in [0.1, 0.15) is 16.1 Å². The zero-order valence-corrected chi connectivity index (χ0v) is 18.4. The molecule has 0 bridgehead atoms. The smallest absolute Gasteiger partial charge is 0.180 e. The lowest BCUT2D eigenvalue weighted by molar-refractivity contribution is 0.159. The lowest BCUT2D eigenvalue weighted by Gasteiger charge is -2.46. The highest BCUT2D eigenvalue weighted by molar-refractivity contribution is 9.10. The quantitative estimate of drug-likeness (QED) is 0.493. The van der Waals surface area contributed by atoms with E-state index in [0.717, 1.165) is 47.0 Å². The average molecular weight is 468 g/mol. The number of H-pyrrole nitrogens is 1. The number of imidazole rings is 1. The number of aromatic nitrogens is 7. The van der Waals surface area contributed by atoms with Crippen LogP contribution in [-0.4, -0.2) is 65.1 Å². The Bertz CT molecular complexity index is 1160. The summed E-state index contributed by atoms with van der Waals surface area (Å²) in [6.07, 6.45) is 11.1. The van der Waals surface area contributed by atoms with Crippen LogP contribution in [0.4, 0.5) is 5.82 Å². The molecule has 5 heterocycles. The highest BCUT2D eigenvalue weighted by Gasteiger charge is 2.35. The average Bonchev–Trinajstić information content (AvgIpc) is 3.43. The molecule has 0 spiro atoms. The number of likely N-dealkylation sites (N-methyl/N-ethyl adjacent to an activating group) is 1. The van der Waals surface area contributed by atoms with Gasteiger partial charge in [0, 0.05) is 43.3 Å². The Balaban J connectivity index is 1.56. The first kappa shape index (κ1) is 19.1. The molecule has 1 fully saturated rings. The molecule has 1 aliphatic rings. The second-order valence-electron chi connectivity index (χ2n) is 7.36. The van der Waals surface area contributed by atoms with Gasteiger partial charge in [0.05, 0.1) is 24.6 Å². The minimum Gasteiger partial charge on any atom is -0.346 e. The van der Waals surface area contributed by atoms with Crippen LogP contribution in [0.5, 0.6) is 0 Å². The maximum Gasteiger partial charge on any atom is 0.180 e. The third kappa shape index (κ3) is 3.25. The number of nitrogens with one attached hydrogen (secondary N) is 1. The summed E-state index contributed by atoms with van der Waals surface area (Å²) in [5.41, 5.74) is 2.74. The molecule has 4 aromatic rings. The lowest BCUT2D eigenvalue weighted by atomic mass is 9.97. The summed E-state index contributed by atoms with van der Waals surface area (Å²) in [4.78, 5) is 23.0. The van der Waals surface area contributed by atoms with Crippen molar-refractivity contribution in [1.82, 2.24) is 39.4 Å². The van der Waals surface area contributed by atoms with Crippen LogP contribution in [0.15, 0.2) is 47.9 Å². The fourth-order valence-electron chi connectivity index (χ4n) is 4.29. The summed E-state index contributed by atoms with van der Waals surface area (Å²) in [5.74, 6) is 1.53. The minimum atomic E-state index is 0.153. The van der Waals surface area contributed by atoms with Crippen molar-refractivity contribution < 1.29 is 0 Å². The van der Waals surface area contributed by atoms with Gasteiger partial charge in [-0.05, 0) is 35.5 Å². The number of hydrogen-bond donors (Lipinski definition) is 1. The molecule has 10 heteroatoms. The Labute approximate surface area is 182 Å². The first-order valence-corrected chi connectivity index (χ1v) is 10.8. The van der Waals surface area contributed by atoms with Crippen molar-refractivity contribution in [3.63, 3.8) is 0 Å². The predicted octanol–water partition coefficient (Wildman–Crippen LogP) is 2.94. The molecule has 0 saturated carbocycles. The SMILES string of the molecule is CCN1CCN(c2ccnc(-c3cnc4cnc(Br)cn34)n2)C(c2cn[nH]c2)C1C. The number of anilines is 1. The molecule has 30 heavy (non-hydrogen) atoms. The van der Waals surface area contributed by atoms with E-state index in [2.05, 4.69) is 64.7 Å². The normalized spacial score (nSPS) is 20.2. The molecule has 1 saturated heterocycles. The van der Waals surface area contributed by atoms with E-state index in [9.17, 15) is 0 Å². The van der Waals surface area contributed by atoms with Gasteiger partial charge in [-0.15, -0.1) is 0 Å². The molecular weight excluding hydrogens is 446 g/mol. The van der Waals surface area contributed by atoms with Gasteiger partial charge in [-0.25, -0.2) is 19.9 Å². The van der Waals surface area contributed by atoms with Gasteiger partial charge in [0.2, 0.25) is 0 Å². The first-order chi connectivity index (χ1) is 14.7. The van der Waals surface area contributed by atoms with Crippen molar-refractivity contribution in [3.05, 3.63) is 53.4 Å². The van der Waals surface area contributed by atoms with Gasteiger partial charge in [-0.3, -0.25) is 14.4 Å². The molecule has 0 amide bonds. The van der Waals surface area contributed by atoms with E-state index < -0.39 is 0 Å². The molecule has 1 N–H and O–H groups in total. The largest absolute Gasteiger partial charge is 0.346 e. The Morgan fingerprint density at radius 3 is 2.87 bits per heavy atom. The van der Waals surface area contributed by atoms with Crippen molar-refractivity contribution in [1.29, 1.82) is 0 Å². The van der Waals surface area contributed by atoms with Crippen molar-refractivity contribution in [2.75, 3.05) is 24.5 Å². The summed E-state index contributed by atoms with van der Waals surface area (Å²) >= 11 is 3.43. The van der Waals surface area contributed by atoms with Gasteiger partial charge in [-0.1, -0.05) is 6.92 Å². The van der Waals surface area contributed by atoms with Crippen LogP contribution in [-0.2, 0) is 0 Å². The minimum absolute atomic E-state index is 0.153. The van der Waals surface area contributed by atoms with Gasteiger partial charge in [0.15, 0.2) is 11.5 Å². The standard InChI is InChI=1S/C20H22BrN9/c1-3-28-6-7-29(19(13(28)2)14-8-25-26-9-14)17-4-5-22-20(27-17)15-10-24-18-11-23-16(21)12-30(15)18/h4-5,8-13,19H,3,6-7H2,1-2H3,(H,25,26). The van der Waals surface area contributed by atoms with E-state index in [1.54, 1.807) is 12.4 Å². The molecule has 154 valence electrons. The van der Waals surface area contributed by atoms with E-state index >= 15 is 0 Å². The first-order valence-electron chi connectivity index (χ1n) is 9.97. The van der Waals surface area contributed by atoms with Gasteiger partial charge in [0.25, 0.3) is 0 Å². The topological polar surface area (TPSA) is 91.1 Å². The molecule has 0 aliphatic carbocycles. The third-order valence-electron chi connectivity index (χ3n) is 5.79. The second kappa shape index (κ2) is 7.77. The van der Waals surface area contributed by atoms with Crippen molar-refractivity contribution in [3.8, 4) is 11.5 Å². The Hall–Kier alpha value is -2.85. The molecular formula is C20H22BrN9. The van der Waals surface area contributed by atoms with E-state index in [-0.39, 0.29) is 6.04 Å². The summed E-state index contributed by atoms with van der Waals surface area (Å²) < 4.78 is 2.68. The maximum atomic E-state index is 4.93. The maximum absolute atomic E-state index is 4.93. The summed E-state index contributed by atoms with van der Waals surface area (Å²) in [6.45, 7) is 7.36. The van der Waals surface area contributed by atoms with Crippen LogP contribution in [0.3, 0.4) is 0 Å². The zero-order chi connectivity index (χ0) is 20.7. The fourth-order valence-corrected chi connectivity index (χ4v) is 4.59. The second-order valence-corrected chi connectivity index (χ2v) is 8.17. The van der Waals surface area contributed by atoms with Crippen LogP contribution < -0.4 is 4.90 Å². The summed E-state index contributed by atoms with van der Waals surface area (Å²) in [7, 11) is 0. The van der Waals surface area contributed by atoms with E-state index in [0.29, 0.717) is 11.9 Å². The predicted molar refractivity (Wildman–Crippen MR) is 117 cm³/mol. The highest BCUT2D eigenvalue weighted by atomic mass is 79.9. The number of nitrogens with zero attached hydrogens (tertiary/aromatic N) is 8. The van der Waals surface area contributed by atoms with Gasteiger partial charge < -0.3 is 4.90 Å². The van der Waals surface area contributed by atoms with Crippen molar-refractivity contribution in [2.24, 2.45) is 0 Å². The molecule has 2 unspecified atom stereocenters. The van der Waals surface area contributed by atoms with Crippen LogP contribution in [0.25, 0.3) is 17.2 Å². The van der Waals surface area contributed by atoms with Crippen LogP contribution in [0.1, 0.15) is 25.5 Å². The van der Waals surface area contributed by atoms with Crippen LogP contribution in [0, 0.1) is 0 Å². The molecule has 0 aromatic carbocycles. The van der Waals surface area contributed by atoms with E-state index in [1.807, 2.05) is 35.3 Å². The van der Waals surface area contributed by atoms with Crippen molar-refractivity contribution >= 4 is 27.4 Å². The number of halogens is 1. The van der Waals surface area contributed by atoms with Crippen LogP contribution in [0.2, 0.25) is 0 Å². The lowest BCUT2D eigenvalue weighted by Crippen LogP contribution is -2.53. The number of fused-ring (bicyclic) bond motifs is 1. The molecule has 0 radical (unpaired) electrons. The summed E-state index contributed by atoms with van der Waals surface area (Å²) in [6, 6.07) is 2.46. The Kier molecular flexibility index (Phi) is 4.95. The van der Waals surface area contributed by atoms with Crippen molar-refractivity contribution in [2.45, 2.75) is 25.9 Å². The van der Waals surface area contributed by atoms with Gasteiger partial charge >= 0.3 is 0 Å². The molecule has 9 nitrogen and oxygen atoms in total. The Morgan fingerprint density at radius 1 is 1.17 bits per heavy atom. The highest BCUT2D eigenvalue weighted by Crippen LogP contribution is 2.34. The van der Waals surface area contributed by atoms with Crippen LogP contribution >= 0.6 is 15.9 Å². The fraction of sp³-hybridized carbons (Fsp3) is 0.350. The third-order valence-corrected chi connectivity index (χ3v) is 6.20. The number of hydrogen-bond acceptors (Lipinski definition) is 7. The Morgan fingerprint density at radius 2 is 2.07 bits per heavy atom. The summed E-state index contributed by atoms with van der Waals surface area (Å²) in [5, 5.41) is 7.15. The van der Waals surface area contributed by atoms with Gasteiger partial charge in [-0.2, -0.15) is 5.10 Å². The molecule has 5 rings (SSSR count). The van der Waals surface area contributed by atoms with E-state index in [1.165, 1.54) is 0 Å². The number of rotatable bonds is 4.